The van der Waals surface area contributed by atoms with E-state index in [1.165, 1.54) is 0 Å². The molecule has 140 valence electrons. The molecule has 2 rings (SSSR count). The lowest BCUT2D eigenvalue weighted by Gasteiger charge is -2.37. The average Bonchev–Trinajstić information content (AvgIpc) is 2.60. The lowest BCUT2D eigenvalue weighted by Crippen LogP contribution is -2.47. The first-order valence-electron chi connectivity index (χ1n) is 9.21. The van der Waals surface area contributed by atoms with Crippen molar-refractivity contribution in [1.82, 2.24) is 10.6 Å². The molecule has 0 radical (unpaired) electrons. The molecular formula is C20H32N2O3. The summed E-state index contributed by atoms with van der Waals surface area (Å²) in [7, 11) is 1.73. The van der Waals surface area contributed by atoms with Crippen molar-refractivity contribution >= 4 is 5.91 Å². The van der Waals surface area contributed by atoms with Crippen LogP contribution in [-0.4, -0.2) is 45.9 Å². The zero-order valence-electron chi connectivity index (χ0n) is 15.8. The Labute approximate surface area is 151 Å². The third-order valence-electron chi connectivity index (χ3n) is 4.65. The van der Waals surface area contributed by atoms with Gasteiger partial charge in [0.2, 0.25) is 5.91 Å². The summed E-state index contributed by atoms with van der Waals surface area (Å²) in [6.07, 6.45) is 2.46. The number of nitrogens with one attached hydrogen (secondary N) is 2. The Kier molecular flexibility index (Phi) is 7.72. The molecule has 1 aromatic rings. The lowest BCUT2D eigenvalue weighted by atomic mass is 9.79. The van der Waals surface area contributed by atoms with E-state index >= 15 is 0 Å². The second kappa shape index (κ2) is 9.78. The number of benzene rings is 1. The maximum Gasteiger partial charge on any atom is 0.224 e. The minimum atomic E-state index is 0.0597. The van der Waals surface area contributed by atoms with Crippen LogP contribution in [0, 0.1) is 11.3 Å². The predicted octanol–water partition coefficient (Wildman–Crippen LogP) is 2.40. The van der Waals surface area contributed by atoms with Gasteiger partial charge in [-0.1, -0.05) is 26.0 Å². The van der Waals surface area contributed by atoms with Crippen molar-refractivity contribution in [2.75, 3.05) is 40.0 Å². The molecule has 0 saturated carbocycles. The summed E-state index contributed by atoms with van der Waals surface area (Å²) < 4.78 is 11.1. The smallest absolute Gasteiger partial charge is 0.224 e. The summed E-state index contributed by atoms with van der Waals surface area (Å²) in [5.74, 6) is 1.41. The van der Waals surface area contributed by atoms with Crippen molar-refractivity contribution in [2.45, 2.75) is 33.1 Å². The average molecular weight is 348 g/mol. The van der Waals surface area contributed by atoms with Crippen LogP contribution in [0.3, 0.4) is 0 Å². The molecule has 1 heterocycles. The molecule has 1 amide bonds. The first kappa shape index (κ1) is 19.7. The van der Waals surface area contributed by atoms with Crippen LogP contribution >= 0.6 is 0 Å². The molecule has 5 nitrogen and oxygen atoms in total. The highest BCUT2D eigenvalue weighted by molar-refractivity contribution is 5.78. The third kappa shape index (κ3) is 6.67. The number of methoxy groups -OCH3 is 1. The first-order valence-corrected chi connectivity index (χ1v) is 9.21. The highest BCUT2D eigenvalue weighted by Crippen LogP contribution is 2.28. The summed E-state index contributed by atoms with van der Waals surface area (Å²) in [6.45, 7) is 8.28. The van der Waals surface area contributed by atoms with Gasteiger partial charge in [-0.15, -0.1) is 0 Å². The summed E-state index contributed by atoms with van der Waals surface area (Å²) in [5.41, 5.74) is 1.06. The molecule has 1 saturated heterocycles. The second-order valence-corrected chi connectivity index (χ2v) is 7.49. The van der Waals surface area contributed by atoms with Crippen LogP contribution in [0.1, 0.15) is 32.3 Å². The Hall–Kier alpha value is -1.59. The van der Waals surface area contributed by atoms with Crippen molar-refractivity contribution in [3.05, 3.63) is 29.8 Å². The SMILES string of the molecule is COCC1(CNC(=O)Cc2ccc(OCC(C)C)cc2)CCNCC1. The molecule has 0 aromatic heterocycles. The van der Waals surface area contributed by atoms with E-state index in [2.05, 4.69) is 24.5 Å². The van der Waals surface area contributed by atoms with E-state index in [4.69, 9.17) is 9.47 Å². The van der Waals surface area contributed by atoms with E-state index in [9.17, 15) is 4.79 Å². The van der Waals surface area contributed by atoms with E-state index in [1.807, 2.05) is 24.3 Å². The van der Waals surface area contributed by atoms with Crippen molar-refractivity contribution in [3.8, 4) is 5.75 Å². The molecule has 0 spiro atoms. The largest absolute Gasteiger partial charge is 0.493 e. The van der Waals surface area contributed by atoms with Gasteiger partial charge in [0, 0.05) is 19.1 Å². The molecule has 5 heteroatoms. The van der Waals surface area contributed by atoms with Gasteiger partial charge in [0.15, 0.2) is 0 Å². The summed E-state index contributed by atoms with van der Waals surface area (Å²) in [5, 5.41) is 6.47. The topological polar surface area (TPSA) is 59.6 Å². The molecule has 2 N–H and O–H groups in total. The lowest BCUT2D eigenvalue weighted by molar-refractivity contribution is -0.121. The van der Waals surface area contributed by atoms with Crippen molar-refractivity contribution in [3.63, 3.8) is 0 Å². The Bertz CT molecular complexity index is 517. The Balaban J connectivity index is 1.81. The summed E-state index contributed by atoms with van der Waals surface area (Å²) in [4.78, 5) is 12.3. The van der Waals surface area contributed by atoms with Crippen LogP contribution in [0.15, 0.2) is 24.3 Å². The van der Waals surface area contributed by atoms with Crippen LogP contribution in [-0.2, 0) is 16.0 Å². The minimum absolute atomic E-state index is 0.0597. The first-order chi connectivity index (χ1) is 12.0. The van der Waals surface area contributed by atoms with Gasteiger partial charge >= 0.3 is 0 Å². The number of rotatable bonds is 9. The number of hydrogen-bond donors (Lipinski definition) is 2. The zero-order chi connectivity index (χ0) is 18.1. The number of carbonyl (C=O) groups excluding carboxylic acids is 1. The molecule has 1 aliphatic heterocycles. The summed E-state index contributed by atoms with van der Waals surface area (Å²) in [6, 6.07) is 7.80. The van der Waals surface area contributed by atoms with Gasteiger partial charge in [0.05, 0.1) is 19.6 Å². The van der Waals surface area contributed by atoms with Gasteiger partial charge in [-0.25, -0.2) is 0 Å². The highest BCUT2D eigenvalue weighted by Gasteiger charge is 2.32. The number of amides is 1. The Morgan fingerprint density at radius 1 is 1.24 bits per heavy atom. The van der Waals surface area contributed by atoms with Gasteiger partial charge in [-0.05, 0) is 49.5 Å². The van der Waals surface area contributed by atoms with Crippen LogP contribution in [0.25, 0.3) is 0 Å². The van der Waals surface area contributed by atoms with Crippen molar-refractivity contribution < 1.29 is 14.3 Å². The molecule has 0 bridgehead atoms. The maximum atomic E-state index is 12.3. The van der Waals surface area contributed by atoms with Crippen LogP contribution in [0.2, 0.25) is 0 Å². The molecule has 0 unspecified atom stereocenters. The van der Waals surface area contributed by atoms with E-state index in [0.717, 1.165) is 37.2 Å². The van der Waals surface area contributed by atoms with Crippen molar-refractivity contribution in [1.29, 1.82) is 0 Å². The summed E-state index contributed by atoms with van der Waals surface area (Å²) >= 11 is 0. The van der Waals surface area contributed by atoms with Gasteiger partial charge < -0.3 is 20.1 Å². The quantitative estimate of drug-likeness (QED) is 0.719. The van der Waals surface area contributed by atoms with E-state index in [-0.39, 0.29) is 11.3 Å². The van der Waals surface area contributed by atoms with E-state index < -0.39 is 0 Å². The Morgan fingerprint density at radius 2 is 1.92 bits per heavy atom. The standard InChI is InChI=1S/C20H32N2O3/c1-16(2)13-25-18-6-4-17(5-7-18)12-19(23)22-14-20(15-24-3)8-10-21-11-9-20/h4-7,16,21H,8-15H2,1-3H3,(H,22,23). The molecule has 1 aliphatic rings. The molecular weight excluding hydrogens is 316 g/mol. The Morgan fingerprint density at radius 3 is 2.52 bits per heavy atom. The fraction of sp³-hybridized carbons (Fsp3) is 0.650. The van der Waals surface area contributed by atoms with Crippen LogP contribution in [0.4, 0.5) is 0 Å². The molecule has 25 heavy (non-hydrogen) atoms. The van der Waals surface area contributed by atoms with Crippen LogP contribution < -0.4 is 15.4 Å². The zero-order valence-corrected chi connectivity index (χ0v) is 15.8. The highest BCUT2D eigenvalue weighted by atomic mass is 16.5. The number of ether oxygens (including phenoxy) is 2. The molecule has 0 aliphatic carbocycles. The molecule has 1 fully saturated rings. The third-order valence-corrected chi connectivity index (χ3v) is 4.65. The normalized spacial score (nSPS) is 16.6. The van der Waals surface area contributed by atoms with Gasteiger partial charge in [0.25, 0.3) is 0 Å². The predicted molar refractivity (Wildman–Crippen MR) is 99.9 cm³/mol. The number of carbonyl (C=O) groups is 1. The molecule has 1 aromatic carbocycles. The second-order valence-electron chi connectivity index (χ2n) is 7.49. The van der Waals surface area contributed by atoms with Gasteiger partial charge in [-0.3, -0.25) is 4.79 Å². The monoisotopic (exact) mass is 348 g/mol. The number of piperidine rings is 1. The van der Waals surface area contributed by atoms with Crippen molar-refractivity contribution in [2.24, 2.45) is 11.3 Å². The van der Waals surface area contributed by atoms with E-state index in [1.54, 1.807) is 7.11 Å². The molecule has 0 atom stereocenters. The fourth-order valence-corrected chi connectivity index (χ4v) is 3.14. The van der Waals surface area contributed by atoms with E-state index in [0.29, 0.717) is 32.1 Å². The fourth-order valence-electron chi connectivity index (χ4n) is 3.14. The van der Waals surface area contributed by atoms with Gasteiger partial charge in [0.1, 0.15) is 5.75 Å². The number of hydrogen-bond acceptors (Lipinski definition) is 4. The maximum absolute atomic E-state index is 12.3. The minimum Gasteiger partial charge on any atom is -0.493 e. The van der Waals surface area contributed by atoms with Gasteiger partial charge in [-0.2, -0.15) is 0 Å². The van der Waals surface area contributed by atoms with Crippen LogP contribution in [0.5, 0.6) is 5.75 Å².